The molecular weight excluding hydrogens is 208 g/mol. The van der Waals surface area contributed by atoms with Crippen LogP contribution in [0, 0.1) is 11.3 Å². The lowest BCUT2D eigenvalue weighted by Gasteiger charge is -2.30. The molecule has 2 atom stereocenters. The van der Waals surface area contributed by atoms with Crippen molar-refractivity contribution in [1.29, 1.82) is 0 Å². The molecule has 0 aromatic rings. The van der Waals surface area contributed by atoms with E-state index < -0.39 is 23.3 Å². The van der Waals surface area contributed by atoms with Crippen molar-refractivity contribution in [2.75, 3.05) is 6.61 Å². The Kier molecular flexibility index (Phi) is 5.78. The SMILES string of the molecule is C=CC(C)C(CCC)(C(=O)O)C(=O)OCC. The Morgan fingerprint density at radius 2 is 2.06 bits per heavy atom. The Hall–Kier alpha value is -1.32. The number of carbonyl (C=O) groups excluding carboxylic acids is 1. The largest absolute Gasteiger partial charge is 0.480 e. The number of aliphatic carboxylic acids is 1. The fraction of sp³-hybridized carbons (Fsp3) is 0.667. The maximum Gasteiger partial charge on any atom is 0.324 e. The number of esters is 1. The molecule has 0 saturated heterocycles. The van der Waals surface area contributed by atoms with E-state index in [0.717, 1.165) is 0 Å². The van der Waals surface area contributed by atoms with Crippen molar-refractivity contribution in [2.24, 2.45) is 11.3 Å². The molecule has 0 fully saturated rings. The molecule has 0 bridgehead atoms. The molecule has 4 heteroatoms. The van der Waals surface area contributed by atoms with Crippen LogP contribution in [0.2, 0.25) is 0 Å². The van der Waals surface area contributed by atoms with E-state index >= 15 is 0 Å². The number of rotatable bonds is 7. The second-order valence-electron chi connectivity index (χ2n) is 3.77. The van der Waals surface area contributed by atoms with Gasteiger partial charge in [0.15, 0.2) is 5.41 Å². The van der Waals surface area contributed by atoms with Gasteiger partial charge in [0.1, 0.15) is 0 Å². The normalized spacial score (nSPS) is 15.9. The standard InChI is InChI=1S/C12H20O4/c1-5-8-12(10(13)14,9(4)6-2)11(15)16-7-3/h6,9H,2,5,7-8H2,1,3-4H3,(H,13,14). The van der Waals surface area contributed by atoms with Gasteiger partial charge < -0.3 is 9.84 Å². The average molecular weight is 228 g/mol. The van der Waals surface area contributed by atoms with Crippen molar-refractivity contribution in [1.82, 2.24) is 0 Å². The highest BCUT2D eigenvalue weighted by Gasteiger charge is 2.50. The van der Waals surface area contributed by atoms with Crippen LogP contribution in [0.4, 0.5) is 0 Å². The number of allylic oxidation sites excluding steroid dienone is 1. The number of hydrogen-bond donors (Lipinski definition) is 1. The molecule has 16 heavy (non-hydrogen) atoms. The maximum absolute atomic E-state index is 11.8. The third-order valence-electron chi connectivity index (χ3n) is 2.80. The number of ether oxygens (including phenoxy) is 1. The van der Waals surface area contributed by atoms with Crippen LogP contribution < -0.4 is 0 Å². The molecular formula is C12H20O4. The third kappa shape index (κ3) is 2.62. The zero-order valence-corrected chi connectivity index (χ0v) is 10.2. The van der Waals surface area contributed by atoms with Crippen LogP contribution in [-0.4, -0.2) is 23.7 Å². The van der Waals surface area contributed by atoms with Crippen LogP contribution in [0.15, 0.2) is 12.7 Å². The molecule has 92 valence electrons. The smallest absolute Gasteiger partial charge is 0.324 e. The Morgan fingerprint density at radius 1 is 1.50 bits per heavy atom. The Labute approximate surface area is 96.3 Å². The summed E-state index contributed by atoms with van der Waals surface area (Å²) in [6, 6.07) is 0. The monoisotopic (exact) mass is 228 g/mol. The van der Waals surface area contributed by atoms with Gasteiger partial charge in [0.2, 0.25) is 0 Å². The van der Waals surface area contributed by atoms with E-state index in [-0.39, 0.29) is 13.0 Å². The van der Waals surface area contributed by atoms with E-state index in [1.165, 1.54) is 6.08 Å². The summed E-state index contributed by atoms with van der Waals surface area (Å²) in [5.41, 5.74) is -1.49. The zero-order valence-electron chi connectivity index (χ0n) is 10.2. The van der Waals surface area contributed by atoms with Gasteiger partial charge in [-0.25, -0.2) is 0 Å². The Bertz CT molecular complexity index is 272. The van der Waals surface area contributed by atoms with Crippen molar-refractivity contribution in [3.63, 3.8) is 0 Å². The first-order chi connectivity index (χ1) is 7.47. The quantitative estimate of drug-likeness (QED) is 0.412. The number of carbonyl (C=O) groups is 2. The van der Waals surface area contributed by atoms with E-state index in [1.807, 2.05) is 6.92 Å². The van der Waals surface area contributed by atoms with Gasteiger partial charge in [-0.2, -0.15) is 0 Å². The first-order valence-electron chi connectivity index (χ1n) is 5.50. The van der Waals surface area contributed by atoms with Crippen LogP contribution in [0.1, 0.15) is 33.6 Å². The highest BCUT2D eigenvalue weighted by molar-refractivity contribution is 5.99. The molecule has 0 rings (SSSR count). The van der Waals surface area contributed by atoms with E-state index in [1.54, 1.807) is 13.8 Å². The minimum atomic E-state index is -1.49. The third-order valence-corrected chi connectivity index (χ3v) is 2.80. The first kappa shape index (κ1) is 14.7. The van der Waals surface area contributed by atoms with Crippen molar-refractivity contribution in [2.45, 2.75) is 33.6 Å². The van der Waals surface area contributed by atoms with Gasteiger partial charge in [-0.05, 0) is 13.3 Å². The van der Waals surface area contributed by atoms with Crippen LogP contribution in [0.3, 0.4) is 0 Å². The van der Waals surface area contributed by atoms with Crippen molar-refractivity contribution in [3.05, 3.63) is 12.7 Å². The van der Waals surface area contributed by atoms with Gasteiger partial charge in [-0.1, -0.05) is 26.3 Å². The molecule has 0 aliphatic rings. The number of carboxylic acid groups (broad SMARTS) is 1. The number of carboxylic acids is 1. The zero-order chi connectivity index (χ0) is 12.8. The molecule has 4 nitrogen and oxygen atoms in total. The van der Waals surface area contributed by atoms with Gasteiger partial charge in [-0.15, -0.1) is 6.58 Å². The maximum atomic E-state index is 11.8. The predicted molar refractivity (Wildman–Crippen MR) is 61.0 cm³/mol. The summed E-state index contributed by atoms with van der Waals surface area (Å²) >= 11 is 0. The first-order valence-corrected chi connectivity index (χ1v) is 5.50. The van der Waals surface area contributed by atoms with Crippen LogP contribution in [0.25, 0.3) is 0 Å². The fourth-order valence-corrected chi connectivity index (χ4v) is 1.76. The molecule has 0 aromatic heterocycles. The van der Waals surface area contributed by atoms with Crippen LogP contribution in [0.5, 0.6) is 0 Å². The van der Waals surface area contributed by atoms with Gasteiger partial charge in [0, 0.05) is 5.92 Å². The minimum absolute atomic E-state index is 0.182. The summed E-state index contributed by atoms with van der Waals surface area (Å²) in [7, 11) is 0. The van der Waals surface area contributed by atoms with Gasteiger partial charge >= 0.3 is 11.9 Å². The highest BCUT2D eigenvalue weighted by atomic mass is 16.5. The van der Waals surface area contributed by atoms with E-state index in [2.05, 4.69) is 6.58 Å². The topological polar surface area (TPSA) is 63.6 Å². The number of hydrogen-bond acceptors (Lipinski definition) is 3. The fourth-order valence-electron chi connectivity index (χ4n) is 1.76. The van der Waals surface area contributed by atoms with Crippen molar-refractivity contribution < 1.29 is 19.4 Å². The molecule has 0 aromatic carbocycles. The Balaban J connectivity index is 5.32. The summed E-state index contributed by atoms with van der Waals surface area (Å²) in [4.78, 5) is 23.2. The van der Waals surface area contributed by atoms with Crippen molar-refractivity contribution in [3.8, 4) is 0 Å². The molecule has 0 radical (unpaired) electrons. The predicted octanol–water partition coefficient (Wildman–Crippen LogP) is 2.24. The average Bonchev–Trinajstić information content (AvgIpc) is 2.24. The summed E-state index contributed by atoms with van der Waals surface area (Å²) in [6.45, 7) is 8.92. The summed E-state index contributed by atoms with van der Waals surface area (Å²) in [5, 5.41) is 9.30. The molecule has 0 aliphatic carbocycles. The highest BCUT2D eigenvalue weighted by Crippen LogP contribution is 2.35. The van der Waals surface area contributed by atoms with E-state index in [9.17, 15) is 14.7 Å². The van der Waals surface area contributed by atoms with Crippen molar-refractivity contribution >= 4 is 11.9 Å². The van der Waals surface area contributed by atoms with Gasteiger partial charge in [0.25, 0.3) is 0 Å². The molecule has 0 spiro atoms. The van der Waals surface area contributed by atoms with Crippen LogP contribution >= 0.6 is 0 Å². The summed E-state index contributed by atoms with van der Waals surface area (Å²) in [5.74, 6) is -2.26. The van der Waals surface area contributed by atoms with Gasteiger partial charge in [0.05, 0.1) is 6.61 Å². The summed E-state index contributed by atoms with van der Waals surface area (Å²) in [6.07, 6.45) is 2.35. The summed E-state index contributed by atoms with van der Waals surface area (Å²) < 4.78 is 4.88. The molecule has 0 amide bonds. The Morgan fingerprint density at radius 3 is 2.38 bits per heavy atom. The molecule has 0 saturated carbocycles. The molecule has 0 aliphatic heterocycles. The second kappa shape index (κ2) is 6.30. The lowest BCUT2D eigenvalue weighted by molar-refractivity contribution is -0.172. The van der Waals surface area contributed by atoms with Gasteiger partial charge in [-0.3, -0.25) is 9.59 Å². The molecule has 2 unspecified atom stereocenters. The molecule has 0 heterocycles. The molecule has 1 N–H and O–H groups in total. The lowest BCUT2D eigenvalue weighted by Crippen LogP contribution is -2.45. The minimum Gasteiger partial charge on any atom is -0.480 e. The van der Waals surface area contributed by atoms with E-state index in [4.69, 9.17) is 4.74 Å². The second-order valence-corrected chi connectivity index (χ2v) is 3.77. The lowest BCUT2D eigenvalue weighted by atomic mass is 9.73. The van der Waals surface area contributed by atoms with Crippen LogP contribution in [-0.2, 0) is 14.3 Å². The van der Waals surface area contributed by atoms with E-state index in [0.29, 0.717) is 6.42 Å².